The lowest BCUT2D eigenvalue weighted by molar-refractivity contribution is -0.119. The van der Waals surface area contributed by atoms with Crippen molar-refractivity contribution in [1.29, 1.82) is 0 Å². The molecule has 0 radical (unpaired) electrons. The molecule has 3 rings (SSSR count). The minimum absolute atomic E-state index is 0.00371. The molecule has 2 aromatic rings. The molecule has 0 bridgehead atoms. The molecule has 6 heteroatoms. The fourth-order valence-electron chi connectivity index (χ4n) is 2.24. The number of anilines is 1. The Morgan fingerprint density at radius 1 is 0.909 bits per heavy atom. The normalized spacial score (nSPS) is 15.0. The average Bonchev–Trinajstić information content (AvgIpc) is 2.71. The van der Waals surface area contributed by atoms with Crippen molar-refractivity contribution in [3.05, 3.63) is 70.8 Å². The summed E-state index contributed by atoms with van der Waals surface area (Å²) in [6, 6.07) is 10.9. The second-order valence-corrected chi connectivity index (χ2v) is 4.97. The molecule has 2 aromatic carbocycles. The fraction of sp³-hybridized carbons (Fsp3) is 0. The number of carbonyl (C=O) groups is 2. The van der Waals surface area contributed by atoms with Crippen LogP contribution in [0.3, 0.4) is 0 Å². The summed E-state index contributed by atoms with van der Waals surface area (Å²) in [5.74, 6) is -3.40. The first kappa shape index (κ1) is 14.4. The lowest BCUT2D eigenvalue weighted by atomic mass is 10.1. The first-order valence-corrected chi connectivity index (χ1v) is 6.67. The summed E-state index contributed by atoms with van der Waals surface area (Å²) in [6.07, 6.45) is 0. The van der Waals surface area contributed by atoms with E-state index in [4.69, 9.17) is 11.6 Å². The molecule has 0 aliphatic carbocycles. The van der Waals surface area contributed by atoms with Crippen LogP contribution in [-0.2, 0) is 9.59 Å². The molecule has 0 saturated heterocycles. The van der Waals surface area contributed by atoms with Crippen molar-refractivity contribution in [3.8, 4) is 0 Å². The maximum atomic E-state index is 13.9. The molecule has 0 fully saturated rings. The standard InChI is InChI=1S/C16H8ClF2NO2/c17-14-13(9-4-2-1-3-5-9)15(21)20(16(14)22)12-7-6-10(18)8-11(12)19/h1-8H. The molecule has 0 N–H and O–H groups in total. The van der Waals surface area contributed by atoms with Crippen LogP contribution in [0.15, 0.2) is 53.6 Å². The molecule has 0 unspecified atom stereocenters. The molecule has 110 valence electrons. The Morgan fingerprint density at radius 2 is 1.59 bits per heavy atom. The molecular weight excluding hydrogens is 312 g/mol. The quantitative estimate of drug-likeness (QED) is 0.795. The Balaban J connectivity index is 2.08. The second-order valence-electron chi connectivity index (χ2n) is 4.60. The third kappa shape index (κ3) is 2.19. The van der Waals surface area contributed by atoms with Crippen molar-refractivity contribution in [2.24, 2.45) is 0 Å². The van der Waals surface area contributed by atoms with Crippen LogP contribution in [0.25, 0.3) is 5.57 Å². The number of imide groups is 1. The Bertz CT molecular complexity index is 818. The van der Waals surface area contributed by atoms with Crippen LogP contribution >= 0.6 is 11.6 Å². The zero-order valence-corrected chi connectivity index (χ0v) is 11.8. The van der Waals surface area contributed by atoms with E-state index in [9.17, 15) is 18.4 Å². The Labute approximate surface area is 129 Å². The number of hydrogen-bond donors (Lipinski definition) is 0. The second kappa shape index (κ2) is 5.35. The van der Waals surface area contributed by atoms with Gasteiger partial charge in [-0.3, -0.25) is 9.59 Å². The summed E-state index contributed by atoms with van der Waals surface area (Å²) in [7, 11) is 0. The van der Waals surface area contributed by atoms with Gasteiger partial charge >= 0.3 is 0 Å². The largest absolute Gasteiger partial charge is 0.277 e. The first-order valence-electron chi connectivity index (χ1n) is 6.29. The highest BCUT2D eigenvalue weighted by molar-refractivity contribution is 6.60. The molecule has 0 aromatic heterocycles. The minimum Gasteiger partial charge on any atom is -0.268 e. The summed E-state index contributed by atoms with van der Waals surface area (Å²) < 4.78 is 26.8. The Morgan fingerprint density at radius 3 is 2.23 bits per heavy atom. The van der Waals surface area contributed by atoms with Gasteiger partial charge in [-0.05, 0) is 17.7 Å². The molecule has 0 saturated carbocycles. The number of rotatable bonds is 2. The van der Waals surface area contributed by atoms with Crippen LogP contribution in [0.4, 0.5) is 14.5 Å². The van der Waals surface area contributed by atoms with Gasteiger partial charge in [0, 0.05) is 6.07 Å². The lowest BCUT2D eigenvalue weighted by Gasteiger charge is -2.15. The summed E-state index contributed by atoms with van der Waals surface area (Å²) in [4.78, 5) is 25.3. The van der Waals surface area contributed by atoms with E-state index in [0.717, 1.165) is 12.1 Å². The van der Waals surface area contributed by atoms with Crippen LogP contribution in [0.1, 0.15) is 5.56 Å². The number of amides is 2. The Hall–Kier alpha value is -2.53. The van der Waals surface area contributed by atoms with Gasteiger partial charge in [0.1, 0.15) is 16.7 Å². The average molecular weight is 320 g/mol. The highest BCUT2D eigenvalue weighted by Gasteiger charge is 2.40. The summed E-state index contributed by atoms with van der Waals surface area (Å²) in [5, 5.41) is -0.292. The van der Waals surface area contributed by atoms with Crippen LogP contribution in [-0.4, -0.2) is 11.8 Å². The van der Waals surface area contributed by atoms with Gasteiger partial charge in [-0.15, -0.1) is 0 Å². The minimum atomic E-state index is -1.01. The highest BCUT2D eigenvalue weighted by Crippen LogP contribution is 2.35. The predicted octanol–water partition coefficient (Wildman–Crippen LogP) is 3.49. The number of benzene rings is 2. The molecule has 0 spiro atoms. The highest BCUT2D eigenvalue weighted by atomic mass is 35.5. The smallest absolute Gasteiger partial charge is 0.268 e. The van der Waals surface area contributed by atoms with Gasteiger partial charge in [-0.2, -0.15) is 0 Å². The SMILES string of the molecule is O=C1C(Cl)=C(c2ccccc2)C(=O)N1c1ccc(F)cc1F. The van der Waals surface area contributed by atoms with Crippen LogP contribution in [0.2, 0.25) is 0 Å². The van der Waals surface area contributed by atoms with Gasteiger partial charge in [0.2, 0.25) is 0 Å². The molecule has 22 heavy (non-hydrogen) atoms. The Kier molecular flexibility index (Phi) is 3.50. The van der Waals surface area contributed by atoms with E-state index in [-0.39, 0.29) is 16.3 Å². The van der Waals surface area contributed by atoms with Crippen molar-refractivity contribution >= 4 is 34.7 Å². The molecular formula is C16H8ClF2NO2. The summed E-state index contributed by atoms with van der Waals surface area (Å²) >= 11 is 5.96. The van der Waals surface area contributed by atoms with Gasteiger partial charge in [0.25, 0.3) is 11.8 Å². The zero-order chi connectivity index (χ0) is 15.9. The van der Waals surface area contributed by atoms with E-state index in [2.05, 4.69) is 0 Å². The number of carbonyl (C=O) groups excluding carboxylic acids is 2. The van der Waals surface area contributed by atoms with Crippen LogP contribution < -0.4 is 4.90 Å². The van der Waals surface area contributed by atoms with E-state index in [1.54, 1.807) is 30.3 Å². The first-order chi connectivity index (χ1) is 10.5. The number of hydrogen-bond acceptors (Lipinski definition) is 2. The third-order valence-corrected chi connectivity index (χ3v) is 3.59. The van der Waals surface area contributed by atoms with Crippen molar-refractivity contribution in [2.75, 3.05) is 4.90 Å². The monoisotopic (exact) mass is 319 g/mol. The van der Waals surface area contributed by atoms with Gasteiger partial charge in [0.15, 0.2) is 0 Å². The van der Waals surface area contributed by atoms with Crippen LogP contribution in [0.5, 0.6) is 0 Å². The molecule has 3 nitrogen and oxygen atoms in total. The van der Waals surface area contributed by atoms with Crippen molar-refractivity contribution in [3.63, 3.8) is 0 Å². The number of halogens is 3. The van der Waals surface area contributed by atoms with E-state index in [1.165, 1.54) is 0 Å². The predicted molar refractivity (Wildman–Crippen MR) is 78.1 cm³/mol. The van der Waals surface area contributed by atoms with Gasteiger partial charge in [-0.25, -0.2) is 13.7 Å². The molecule has 1 heterocycles. The number of nitrogens with zero attached hydrogens (tertiary/aromatic N) is 1. The lowest BCUT2D eigenvalue weighted by Crippen LogP contribution is -2.32. The summed E-state index contributed by atoms with van der Waals surface area (Å²) in [5.41, 5.74) is 0.118. The van der Waals surface area contributed by atoms with Gasteiger partial charge in [0.05, 0.1) is 11.3 Å². The fourth-order valence-corrected chi connectivity index (χ4v) is 2.51. The molecule has 0 atom stereocenters. The molecule has 1 aliphatic heterocycles. The van der Waals surface area contributed by atoms with Gasteiger partial charge in [-0.1, -0.05) is 41.9 Å². The van der Waals surface area contributed by atoms with Crippen LogP contribution in [0, 0.1) is 11.6 Å². The van der Waals surface area contributed by atoms with Crippen molar-refractivity contribution in [1.82, 2.24) is 0 Å². The third-order valence-electron chi connectivity index (χ3n) is 3.24. The zero-order valence-electron chi connectivity index (χ0n) is 11.0. The van der Waals surface area contributed by atoms with Crippen molar-refractivity contribution < 1.29 is 18.4 Å². The van der Waals surface area contributed by atoms with E-state index >= 15 is 0 Å². The molecule has 1 aliphatic rings. The van der Waals surface area contributed by atoms with Gasteiger partial charge < -0.3 is 0 Å². The maximum Gasteiger partial charge on any atom is 0.277 e. The maximum absolute atomic E-state index is 13.9. The molecule has 2 amide bonds. The summed E-state index contributed by atoms with van der Waals surface area (Å²) in [6.45, 7) is 0. The van der Waals surface area contributed by atoms with E-state index < -0.39 is 23.4 Å². The van der Waals surface area contributed by atoms with E-state index in [0.29, 0.717) is 16.5 Å². The topological polar surface area (TPSA) is 37.4 Å². The van der Waals surface area contributed by atoms with E-state index in [1.807, 2.05) is 0 Å². The van der Waals surface area contributed by atoms with Crippen molar-refractivity contribution in [2.45, 2.75) is 0 Å².